The van der Waals surface area contributed by atoms with E-state index in [4.69, 9.17) is 14.2 Å². The van der Waals surface area contributed by atoms with Crippen LogP contribution in [0.2, 0.25) is 0 Å². The zero-order valence-corrected chi connectivity index (χ0v) is 27.1. The van der Waals surface area contributed by atoms with Gasteiger partial charge in [-0.1, -0.05) is 12.1 Å². The van der Waals surface area contributed by atoms with Crippen LogP contribution in [0, 0.1) is 0 Å². The molecule has 6 atom stereocenters. The van der Waals surface area contributed by atoms with Crippen molar-refractivity contribution in [2.24, 2.45) is 0 Å². The summed E-state index contributed by atoms with van der Waals surface area (Å²) in [5, 5.41) is 67.3. The van der Waals surface area contributed by atoms with E-state index in [0.29, 0.717) is 6.08 Å². The quantitative estimate of drug-likeness (QED) is 0.107. The van der Waals surface area contributed by atoms with Gasteiger partial charge >= 0.3 is 5.97 Å². The fourth-order valence-electron chi connectivity index (χ4n) is 6.69. The third-order valence-corrected chi connectivity index (χ3v) is 9.18. The van der Waals surface area contributed by atoms with Crippen LogP contribution in [0.25, 0.3) is 0 Å². The van der Waals surface area contributed by atoms with Crippen molar-refractivity contribution in [3.8, 4) is 17.2 Å². The summed E-state index contributed by atoms with van der Waals surface area (Å²) in [6.45, 7) is 1.13. The fourth-order valence-corrected chi connectivity index (χ4v) is 6.69. The number of carboxylic acid groups (broad SMARTS) is 1. The van der Waals surface area contributed by atoms with Crippen LogP contribution in [0.4, 0.5) is 0 Å². The third-order valence-electron chi connectivity index (χ3n) is 9.18. The van der Waals surface area contributed by atoms with Crippen molar-refractivity contribution in [2.75, 3.05) is 20.3 Å². The third kappa shape index (κ3) is 6.27. The number of carbonyl (C=O) groups excluding carboxylic acids is 5. The summed E-state index contributed by atoms with van der Waals surface area (Å²) in [5.41, 5.74) is -5.08. The number of hydrogen-bond acceptors (Lipinski definition) is 14. The minimum Gasteiger partial charge on any atom is -0.507 e. The van der Waals surface area contributed by atoms with Crippen LogP contribution in [0.5, 0.6) is 17.2 Å². The van der Waals surface area contributed by atoms with Crippen molar-refractivity contribution in [1.82, 2.24) is 5.32 Å². The van der Waals surface area contributed by atoms with Gasteiger partial charge in [0.2, 0.25) is 11.7 Å². The molecule has 7 N–H and O–H groups in total. The molecule has 0 radical (unpaired) electrons. The number of rotatable bonds is 10. The topological polar surface area (TPSA) is 264 Å². The normalized spacial score (nSPS) is 26.0. The summed E-state index contributed by atoms with van der Waals surface area (Å²) >= 11 is 0. The first-order valence-electron chi connectivity index (χ1n) is 15.5. The van der Waals surface area contributed by atoms with Crippen LogP contribution in [-0.2, 0) is 35.1 Å². The Morgan fingerprint density at radius 3 is 2.38 bits per heavy atom. The second kappa shape index (κ2) is 13.7. The fraction of sp³-hybridized carbons (Fsp3) is 0.412. The number of fused-ring (bicyclic) bond motifs is 3. The van der Waals surface area contributed by atoms with Gasteiger partial charge in [0.15, 0.2) is 11.6 Å². The average Bonchev–Trinajstić information content (AvgIpc) is 3.06. The molecule has 2 aliphatic carbocycles. The zero-order chi connectivity index (χ0) is 36.8. The van der Waals surface area contributed by atoms with Crippen LogP contribution in [0.3, 0.4) is 0 Å². The van der Waals surface area contributed by atoms with Gasteiger partial charge in [-0.2, -0.15) is 0 Å². The standard InChI is InChI=1S/C34H35NO15/c1-13(37)7-15(33(45)46)8-22(39)35-27-20(12-49-14(2)28(27)40)50-19-10-34(47,21(38)11-36)9-17-24(19)32(44)26-25(30(17)42)29(41)16-5-4-6-18(48-3)23(16)31(26)43/h4-6,8,14,19-20,27-28,36,40,42,44,47H,7,9-12H2,1-3H3,(H,35,39)(H,45,46)/b15-8-/t14?,19-,20?,27?,28?,34-/m0/s1. The monoisotopic (exact) mass is 697 g/mol. The molecule has 1 amide bonds. The highest BCUT2D eigenvalue weighted by Gasteiger charge is 2.51. The summed E-state index contributed by atoms with van der Waals surface area (Å²) in [6, 6.07) is 2.85. The van der Waals surface area contributed by atoms with Crippen LogP contribution in [-0.4, -0.2) is 116 Å². The van der Waals surface area contributed by atoms with E-state index in [2.05, 4.69) is 5.32 Å². The Morgan fingerprint density at radius 2 is 1.76 bits per heavy atom. The zero-order valence-electron chi connectivity index (χ0n) is 27.1. The number of Topliss-reactive ketones (excluding diaryl/α,β-unsaturated/α-hetero) is 2. The highest BCUT2D eigenvalue weighted by molar-refractivity contribution is 6.31. The summed E-state index contributed by atoms with van der Waals surface area (Å²) in [6.07, 6.45) is -6.59. The maximum atomic E-state index is 13.9. The molecule has 266 valence electrons. The smallest absolute Gasteiger partial charge is 0.332 e. The highest BCUT2D eigenvalue weighted by atomic mass is 16.6. The number of phenols is 2. The van der Waals surface area contributed by atoms with Gasteiger partial charge in [-0.05, 0) is 19.9 Å². The Balaban J connectivity index is 1.61. The van der Waals surface area contributed by atoms with Crippen molar-refractivity contribution in [2.45, 2.75) is 69.2 Å². The van der Waals surface area contributed by atoms with Crippen LogP contribution in [0.15, 0.2) is 29.8 Å². The van der Waals surface area contributed by atoms with Gasteiger partial charge in [-0.3, -0.25) is 24.0 Å². The van der Waals surface area contributed by atoms with Gasteiger partial charge in [0.1, 0.15) is 47.4 Å². The van der Waals surface area contributed by atoms with Crippen molar-refractivity contribution >= 4 is 35.0 Å². The molecule has 0 bridgehead atoms. The molecule has 0 aromatic heterocycles. The van der Waals surface area contributed by atoms with Gasteiger partial charge in [0.05, 0.1) is 48.7 Å². The summed E-state index contributed by atoms with van der Waals surface area (Å²) < 4.78 is 17.1. The van der Waals surface area contributed by atoms with Gasteiger partial charge in [-0.25, -0.2) is 4.79 Å². The Kier molecular flexibility index (Phi) is 9.96. The second-order valence-electron chi connectivity index (χ2n) is 12.5. The first kappa shape index (κ1) is 36.3. The van der Waals surface area contributed by atoms with Gasteiger partial charge in [0.25, 0.3) is 0 Å². The molecule has 3 aliphatic rings. The lowest BCUT2D eigenvalue weighted by Gasteiger charge is -2.44. The van der Waals surface area contributed by atoms with Gasteiger partial charge < -0.3 is 50.2 Å². The number of ketones is 4. The maximum Gasteiger partial charge on any atom is 0.332 e. The Hall–Kier alpha value is -5.00. The molecule has 2 aromatic rings. The van der Waals surface area contributed by atoms with E-state index in [1.807, 2.05) is 0 Å². The molecular weight excluding hydrogens is 662 g/mol. The van der Waals surface area contributed by atoms with Crippen molar-refractivity contribution in [3.05, 3.63) is 63.2 Å². The number of ether oxygens (including phenoxy) is 3. The largest absolute Gasteiger partial charge is 0.507 e. The van der Waals surface area contributed by atoms with E-state index in [9.17, 15) is 59.4 Å². The van der Waals surface area contributed by atoms with Crippen molar-refractivity contribution < 1.29 is 73.6 Å². The number of nitrogens with one attached hydrogen (secondary N) is 1. The summed E-state index contributed by atoms with van der Waals surface area (Å²) in [5.74, 6) is -7.52. The number of carbonyl (C=O) groups is 6. The number of aromatic hydroxyl groups is 2. The SMILES string of the molecule is COc1cccc2c1C(=O)c1c(O)c3c(c(O)c1C2=O)C[C@@](O)(C(=O)CO)C[C@@H]3OC1COC(C)C(O)C1NC(=O)/C=C(/CC(C)=O)C(=O)O. The van der Waals surface area contributed by atoms with E-state index < -0.39 is 125 Å². The lowest BCUT2D eigenvalue weighted by Crippen LogP contribution is -2.61. The second-order valence-corrected chi connectivity index (χ2v) is 12.5. The van der Waals surface area contributed by atoms with Crippen molar-refractivity contribution in [3.63, 3.8) is 0 Å². The van der Waals surface area contributed by atoms with Crippen LogP contribution < -0.4 is 10.1 Å². The Bertz CT molecular complexity index is 1850. The molecule has 0 saturated carbocycles. The highest BCUT2D eigenvalue weighted by Crippen LogP contribution is 2.52. The van der Waals surface area contributed by atoms with Crippen molar-refractivity contribution in [1.29, 1.82) is 0 Å². The first-order chi connectivity index (χ1) is 23.5. The van der Waals surface area contributed by atoms with E-state index in [1.165, 1.54) is 32.2 Å². The molecule has 1 aliphatic heterocycles. The molecule has 1 fully saturated rings. The Labute approximate surface area is 283 Å². The van der Waals surface area contributed by atoms with E-state index in [0.717, 1.165) is 6.92 Å². The lowest BCUT2D eigenvalue weighted by atomic mass is 9.71. The number of amides is 1. The molecule has 16 heteroatoms. The molecule has 1 heterocycles. The summed E-state index contributed by atoms with van der Waals surface area (Å²) in [4.78, 5) is 76.6. The molecule has 1 saturated heterocycles. The maximum absolute atomic E-state index is 13.9. The first-order valence-corrected chi connectivity index (χ1v) is 15.5. The predicted molar refractivity (Wildman–Crippen MR) is 167 cm³/mol. The number of methoxy groups -OCH3 is 1. The van der Waals surface area contributed by atoms with E-state index in [-0.39, 0.29) is 34.6 Å². The minimum atomic E-state index is -2.43. The number of aliphatic hydroxyl groups excluding tert-OH is 2. The van der Waals surface area contributed by atoms with Crippen LogP contribution in [0.1, 0.15) is 75.8 Å². The number of aliphatic carboxylic acids is 1. The molecule has 16 nitrogen and oxygen atoms in total. The van der Waals surface area contributed by atoms with Crippen LogP contribution >= 0.6 is 0 Å². The van der Waals surface area contributed by atoms with Gasteiger partial charge in [0, 0.05) is 47.6 Å². The molecule has 5 rings (SSSR count). The number of benzene rings is 2. The molecule has 2 aromatic carbocycles. The molecule has 0 spiro atoms. The van der Waals surface area contributed by atoms with E-state index >= 15 is 0 Å². The predicted octanol–water partition coefficient (Wildman–Crippen LogP) is -0.199. The minimum absolute atomic E-state index is 0.0169. The molecular formula is C34H35NO15. The van der Waals surface area contributed by atoms with E-state index in [1.54, 1.807) is 0 Å². The lowest BCUT2D eigenvalue weighted by molar-refractivity contribution is -0.182. The summed E-state index contributed by atoms with van der Waals surface area (Å²) in [7, 11) is 1.27. The average molecular weight is 698 g/mol. The number of hydrogen-bond donors (Lipinski definition) is 7. The molecule has 50 heavy (non-hydrogen) atoms. The number of phenolic OH excluding ortho intramolecular Hbond substituents is 2. The molecule has 4 unspecified atom stereocenters. The number of carboxylic acids is 1. The Morgan fingerprint density at radius 1 is 1.08 bits per heavy atom. The van der Waals surface area contributed by atoms with Gasteiger partial charge in [-0.15, -0.1) is 0 Å². The number of aliphatic hydroxyl groups is 3.